The molecule has 1 saturated carbocycles. The minimum Gasteiger partial charge on any atom is -0.379 e. The molecule has 3 atom stereocenters. The van der Waals surface area contributed by atoms with Gasteiger partial charge in [-0.25, -0.2) is 13.4 Å². The summed E-state index contributed by atoms with van der Waals surface area (Å²) in [5.74, 6) is 0.648. The van der Waals surface area contributed by atoms with E-state index in [4.69, 9.17) is 4.74 Å². The lowest BCUT2D eigenvalue weighted by molar-refractivity contribution is -0.123. The molecular formula is C21H30N4O5S2. The Hall–Kier alpha value is -1.82. The Morgan fingerprint density at radius 2 is 2.00 bits per heavy atom. The molecule has 2 fully saturated rings. The van der Waals surface area contributed by atoms with Crippen molar-refractivity contribution in [3.05, 3.63) is 21.6 Å². The monoisotopic (exact) mass is 482 g/mol. The van der Waals surface area contributed by atoms with Crippen molar-refractivity contribution in [2.45, 2.75) is 57.5 Å². The summed E-state index contributed by atoms with van der Waals surface area (Å²) in [6.45, 7) is 6.96. The Bertz CT molecular complexity index is 1170. The second-order valence-electron chi connectivity index (χ2n) is 8.80. The number of rotatable bonds is 5. The van der Waals surface area contributed by atoms with Crippen LogP contribution in [-0.4, -0.2) is 60.5 Å². The maximum Gasteiger partial charge on any atom is 0.263 e. The Morgan fingerprint density at radius 1 is 1.28 bits per heavy atom. The molecule has 1 aliphatic carbocycles. The highest BCUT2D eigenvalue weighted by molar-refractivity contribution is 7.89. The van der Waals surface area contributed by atoms with Crippen LogP contribution in [0.1, 0.15) is 38.0 Å². The van der Waals surface area contributed by atoms with Crippen molar-refractivity contribution in [1.82, 2.24) is 19.2 Å². The van der Waals surface area contributed by atoms with Gasteiger partial charge >= 0.3 is 0 Å². The van der Waals surface area contributed by atoms with E-state index >= 15 is 0 Å². The number of thiophene rings is 1. The number of ether oxygens (including phenoxy) is 1. The van der Waals surface area contributed by atoms with Gasteiger partial charge in [0.1, 0.15) is 16.3 Å². The second-order valence-corrected chi connectivity index (χ2v) is 11.9. The predicted octanol–water partition coefficient (Wildman–Crippen LogP) is 1.73. The summed E-state index contributed by atoms with van der Waals surface area (Å²) in [6, 6.07) is 0.0827. The lowest BCUT2D eigenvalue weighted by atomic mass is 9.78. The summed E-state index contributed by atoms with van der Waals surface area (Å²) in [7, 11) is -3.87. The average molecular weight is 483 g/mol. The SMILES string of the molecule is Cc1sc2ncn(CC(=O)N[C@@H]3CCC[C@H](C)[C@H]3C)c(=O)c2c1S(=O)(=O)N1CCOCC1. The van der Waals surface area contributed by atoms with E-state index < -0.39 is 15.6 Å². The molecule has 3 heterocycles. The molecule has 0 spiro atoms. The maximum absolute atomic E-state index is 13.3. The first kappa shape index (κ1) is 23.3. The third kappa shape index (κ3) is 4.35. The first-order chi connectivity index (χ1) is 15.2. The highest BCUT2D eigenvalue weighted by Gasteiger charge is 2.33. The first-order valence-electron chi connectivity index (χ1n) is 11.1. The Morgan fingerprint density at radius 3 is 2.72 bits per heavy atom. The van der Waals surface area contributed by atoms with Crippen LogP contribution in [0.5, 0.6) is 0 Å². The number of hydrogen-bond acceptors (Lipinski definition) is 7. The third-order valence-electron chi connectivity index (χ3n) is 6.73. The first-order valence-corrected chi connectivity index (χ1v) is 13.3. The van der Waals surface area contributed by atoms with E-state index in [1.54, 1.807) is 6.92 Å². The van der Waals surface area contributed by atoms with Gasteiger partial charge in [0.05, 0.1) is 24.9 Å². The Kier molecular flexibility index (Phi) is 6.71. The normalized spacial score (nSPS) is 25.2. The van der Waals surface area contributed by atoms with Crippen molar-refractivity contribution in [2.75, 3.05) is 26.3 Å². The number of hydrogen-bond donors (Lipinski definition) is 1. The van der Waals surface area contributed by atoms with Crippen molar-refractivity contribution >= 4 is 37.5 Å². The van der Waals surface area contributed by atoms with Crippen LogP contribution < -0.4 is 10.9 Å². The molecule has 11 heteroatoms. The molecule has 2 aromatic rings. The molecule has 1 saturated heterocycles. The van der Waals surface area contributed by atoms with Crippen molar-refractivity contribution in [1.29, 1.82) is 0 Å². The molecule has 0 radical (unpaired) electrons. The van der Waals surface area contributed by atoms with Crippen LogP contribution >= 0.6 is 11.3 Å². The van der Waals surface area contributed by atoms with E-state index in [0.29, 0.717) is 34.8 Å². The average Bonchev–Trinajstić information content (AvgIpc) is 3.11. The van der Waals surface area contributed by atoms with Crippen LogP contribution in [0, 0.1) is 18.8 Å². The van der Waals surface area contributed by atoms with Gasteiger partial charge < -0.3 is 10.1 Å². The number of nitrogens with zero attached hydrogens (tertiary/aromatic N) is 3. The molecular weight excluding hydrogens is 452 g/mol. The van der Waals surface area contributed by atoms with Crippen LogP contribution in [0.15, 0.2) is 16.0 Å². The largest absolute Gasteiger partial charge is 0.379 e. The summed E-state index contributed by atoms with van der Waals surface area (Å²) < 4.78 is 34.5. The molecule has 2 aromatic heterocycles. The number of carbonyl (C=O) groups excluding carboxylic acids is 1. The van der Waals surface area contributed by atoms with Gasteiger partial charge in [-0.3, -0.25) is 14.2 Å². The maximum atomic E-state index is 13.3. The molecule has 1 aliphatic heterocycles. The zero-order chi connectivity index (χ0) is 23.0. The molecule has 1 amide bonds. The van der Waals surface area contributed by atoms with Crippen LogP contribution in [0.25, 0.3) is 10.2 Å². The summed E-state index contributed by atoms with van der Waals surface area (Å²) in [6.07, 6.45) is 4.49. The standard InChI is InChI=1S/C21H30N4O5S2/c1-13-5-4-6-16(14(13)2)23-17(26)11-24-12-22-20-18(21(24)27)19(15(3)31-20)32(28,29)25-7-9-30-10-8-25/h12-14,16H,4-11H2,1-3H3,(H,23,26)/t13-,14+,16+/m0/s1. The fourth-order valence-corrected chi connectivity index (χ4v) is 7.72. The van der Waals surface area contributed by atoms with Gasteiger partial charge in [-0.05, 0) is 25.2 Å². The van der Waals surface area contributed by atoms with Crippen LogP contribution in [-0.2, 0) is 26.1 Å². The fraction of sp³-hybridized carbons (Fsp3) is 0.667. The Balaban J connectivity index is 1.63. The third-order valence-corrected chi connectivity index (χ3v) is 9.95. The number of carbonyl (C=O) groups is 1. The summed E-state index contributed by atoms with van der Waals surface area (Å²) in [5, 5.41) is 3.12. The number of aromatic nitrogens is 2. The summed E-state index contributed by atoms with van der Waals surface area (Å²) in [5.41, 5.74) is -0.508. The zero-order valence-corrected chi connectivity index (χ0v) is 20.3. The lowest BCUT2D eigenvalue weighted by Gasteiger charge is -2.34. The molecule has 1 N–H and O–H groups in total. The zero-order valence-electron chi connectivity index (χ0n) is 18.7. The number of sulfonamides is 1. The molecule has 0 unspecified atom stereocenters. The smallest absolute Gasteiger partial charge is 0.263 e. The number of nitrogens with one attached hydrogen (secondary N) is 1. The predicted molar refractivity (Wildman–Crippen MR) is 122 cm³/mol. The van der Waals surface area contributed by atoms with E-state index in [1.165, 1.54) is 26.5 Å². The van der Waals surface area contributed by atoms with Crippen LogP contribution in [0.4, 0.5) is 0 Å². The van der Waals surface area contributed by atoms with Crippen molar-refractivity contribution < 1.29 is 17.9 Å². The van der Waals surface area contributed by atoms with E-state index in [2.05, 4.69) is 24.1 Å². The lowest BCUT2D eigenvalue weighted by Crippen LogP contribution is -2.45. The van der Waals surface area contributed by atoms with Gasteiger partial charge in [-0.2, -0.15) is 4.31 Å². The number of fused-ring (bicyclic) bond motifs is 1. The van der Waals surface area contributed by atoms with Gasteiger partial charge in [-0.1, -0.05) is 26.7 Å². The highest BCUT2D eigenvalue weighted by Crippen LogP contribution is 2.33. The van der Waals surface area contributed by atoms with E-state index in [9.17, 15) is 18.0 Å². The minimum atomic E-state index is -3.87. The van der Waals surface area contributed by atoms with E-state index in [0.717, 1.165) is 19.3 Å². The van der Waals surface area contributed by atoms with Crippen molar-refractivity contribution in [3.8, 4) is 0 Å². The molecule has 0 aromatic carbocycles. The number of aryl methyl sites for hydroxylation is 1. The van der Waals surface area contributed by atoms with E-state index in [1.807, 2.05) is 0 Å². The Labute approximate surface area is 191 Å². The molecule has 0 bridgehead atoms. The molecule has 9 nitrogen and oxygen atoms in total. The van der Waals surface area contributed by atoms with Crippen molar-refractivity contribution in [3.63, 3.8) is 0 Å². The molecule has 32 heavy (non-hydrogen) atoms. The van der Waals surface area contributed by atoms with Gasteiger partial charge in [0.2, 0.25) is 15.9 Å². The van der Waals surface area contributed by atoms with Crippen molar-refractivity contribution in [2.24, 2.45) is 11.8 Å². The van der Waals surface area contributed by atoms with Gasteiger partial charge in [0.25, 0.3) is 5.56 Å². The number of amides is 1. The summed E-state index contributed by atoms with van der Waals surface area (Å²) >= 11 is 1.18. The van der Waals surface area contributed by atoms with Crippen LogP contribution in [0.2, 0.25) is 0 Å². The topological polar surface area (TPSA) is 111 Å². The quantitative estimate of drug-likeness (QED) is 0.695. The highest BCUT2D eigenvalue weighted by atomic mass is 32.2. The van der Waals surface area contributed by atoms with Gasteiger partial charge in [-0.15, -0.1) is 11.3 Å². The summed E-state index contributed by atoms with van der Waals surface area (Å²) in [4.78, 5) is 31.2. The van der Waals surface area contributed by atoms with Gasteiger partial charge in [0.15, 0.2) is 0 Å². The van der Waals surface area contributed by atoms with Gasteiger partial charge in [0, 0.05) is 24.0 Å². The fourth-order valence-electron chi connectivity index (χ4n) is 4.65. The second kappa shape index (κ2) is 9.20. The minimum absolute atomic E-state index is 0.00128. The van der Waals surface area contributed by atoms with E-state index in [-0.39, 0.29) is 41.9 Å². The molecule has 176 valence electrons. The molecule has 2 aliphatic rings. The number of morpholine rings is 1. The molecule has 4 rings (SSSR count). The van der Waals surface area contributed by atoms with Crippen LogP contribution in [0.3, 0.4) is 0 Å².